The number of nitrogens with zero attached hydrogens (tertiary/aromatic N) is 2. The van der Waals surface area contributed by atoms with E-state index in [-0.39, 0.29) is 6.61 Å². The van der Waals surface area contributed by atoms with Crippen LogP contribution in [0.4, 0.5) is 0 Å². The van der Waals surface area contributed by atoms with Gasteiger partial charge >= 0.3 is 0 Å². The Morgan fingerprint density at radius 1 is 1.33 bits per heavy atom. The normalized spacial score (nSPS) is 10.9. The van der Waals surface area contributed by atoms with E-state index in [1.54, 1.807) is 22.7 Å². The van der Waals surface area contributed by atoms with Crippen LogP contribution in [0, 0.1) is 17.0 Å². The van der Waals surface area contributed by atoms with E-state index in [4.69, 9.17) is 0 Å². The Bertz CT molecular complexity index is 761. The summed E-state index contributed by atoms with van der Waals surface area (Å²) in [6.07, 6.45) is 0.509. The number of thiazole rings is 1. The molecule has 5 nitrogen and oxygen atoms in total. The van der Waals surface area contributed by atoms with Crippen LogP contribution in [0.3, 0.4) is 0 Å². The van der Waals surface area contributed by atoms with Crippen LogP contribution >= 0.6 is 22.7 Å². The van der Waals surface area contributed by atoms with Gasteiger partial charge in [0.15, 0.2) is 0 Å². The van der Waals surface area contributed by atoms with Crippen molar-refractivity contribution in [2.45, 2.75) is 13.3 Å². The molecule has 3 rings (SSSR count). The number of aryl methyl sites for hydroxylation is 1. The SMILES string of the molecule is Cc1nc(-c2cc3ccccc3s2)sc1CCO[N+](=O)[O-]. The minimum absolute atomic E-state index is 0.0713. The lowest BCUT2D eigenvalue weighted by molar-refractivity contribution is -0.757. The van der Waals surface area contributed by atoms with Crippen LogP contribution in [-0.2, 0) is 11.3 Å². The standard InChI is InChI=1S/C14H12N2O3S2/c1-9-11(6-7-19-16(17)18)21-14(15-9)13-8-10-4-2-3-5-12(10)20-13/h2-5,8H,6-7H2,1H3. The fourth-order valence-electron chi connectivity index (χ4n) is 2.07. The topological polar surface area (TPSA) is 65.3 Å². The van der Waals surface area contributed by atoms with E-state index in [0.29, 0.717) is 6.42 Å². The summed E-state index contributed by atoms with van der Waals surface area (Å²) >= 11 is 3.29. The molecule has 2 heterocycles. The minimum Gasteiger partial charge on any atom is -0.314 e. The van der Waals surface area contributed by atoms with E-state index in [1.165, 1.54) is 10.1 Å². The van der Waals surface area contributed by atoms with E-state index in [2.05, 4.69) is 28.0 Å². The first-order valence-corrected chi connectivity index (χ1v) is 7.99. The number of benzene rings is 1. The maximum atomic E-state index is 10.2. The fraction of sp³-hybridized carbons (Fsp3) is 0.214. The summed E-state index contributed by atoms with van der Waals surface area (Å²) in [7, 11) is 0. The van der Waals surface area contributed by atoms with Gasteiger partial charge in [0.2, 0.25) is 0 Å². The molecule has 0 radical (unpaired) electrons. The molecule has 2 aromatic heterocycles. The minimum atomic E-state index is -0.761. The monoisotopic (exact) mass is 320 g/mol. The van der Waals surface area contributed by atoms with Crippen molar-refractivity contribution in [2.75, 3.05) is 6.61 Å². The molecule has 0 aliphatic carbocycles. The van der Waals surface area contributed by atoms with Crippen molar-refractivity contribution in [3.8, 4) is 9.88 Å². The summed E-state index contributed by atoms with van der Waals surface area (Å²) in [5, 5.41) is 11.6. The zero-order valence-corrected chi connectivity index (χ0v) is 12.9. The second-order valence-corrected chi connectivity index (χ2v) is 6.65. The van der Waals surface area contributed by atoms with Crippen LogP contribution in [0.5, 0.6) is 0 Å². The Hall–Kier alpha value is -1.99. The molecule has 3 aromatic rings. The van der Waals surface area contributed by atoms with Gasteiger partial charge in [-0.1, -0.05) is 18.2 Å². The summed E-state index contributed by atoms with van der Waals surface area (Å²) in [5.41, 5.74) is 0.916. The predicted octanol–water partition coefficient (Wildman–Crippen LogP) is 4.08. The molecule has 7 heteroatoms. The number of aromatic nitrogens is 1. The van der Waals surface area contributed by atoms with Gasteiger partial charge in [-0.15, -0.1) is 32.8 Å². The molecule has 0 bridgehead atoms. The van der Waals surface area contributed by atoms with Crippen LogP contribution in [0.25, 0.3) is 20.0 Å². The third-order valence-electron chi connectivity index (χ3n) is 3.05. The van der Waals surface area contributed by atoms with Gasteiger partial charge in [-0.25, -0.2) is 4.98 Å². The molecule has 0 spiro atoms. The van der Waals surface area contributed by atoms with Crippen molar-refractivity contribution < 1.29 is 9.92 Å². The van der Waals surface area contributed by atoms with E-state index in [9.17, 15) is 10.1 Å². The smallest absolute Gasteiger partial charge is 0.294 e. The average molecular weight is 320 g/mol. The summed E-state index contributed by atoms with van der Waals surface area (Å²) < 4.78 is 1.23. The molecule has 0 N–H and O–H groups in total. The number of fused-ring (bicyclic) bond motifs is 1. The molecule has 1 aromatic carbocycles. The first-order valence-electron chi connectivity index (χ1n) is 6.36. The Balaban J connectivity index is 1.84. The Kier molecular flexibility index (Phi) is 3.85. The first-order chi connectivity index (χ1) is 10.1. The van der Waals surface area contributed by atoms with Crippen LogP contribution in [0.2, 0.25) is 0 Å². The molecule has 0 aliphatic heterocycles. The summed E-state index contributed by atoms with van der Waals surface area (Å²) in [5.74, 6) is 0. The highest BCUT2D eigenvalue weighted by atomic mass is 32.1. The molecule has 0 atom stereocenters. The van der Waals surface area contributed by atoms with Crippen molar-refractivity contribution in [3.63, 3.8) is 0 Å². The zero-order chi connectivity index (χ0) is 14.8. The summed E-state index contributed by atoms with van der Waals surface area (Å²) in [6, 6.07) is 10.4. The lowest BCUT2D eigenvalue weighted by atomic mass is 10.2. The van der Waals surface area contributed by atoms with Gasteiger partial charge in [0.25, 0.3) is 5.09 Å². The number of thiophene rings is 1. The quantitative estimate of drug-likeness (QED) is 0.525. The highest BCUT2D eigenvalue weighted by Gasteiger charge is 2.12. The van der Waals surface area contributed by atoms with Gasteiger partial charge in [0, 0.05) is 16.0 Å². The maximum Gasteiger partial charge on any atom is 0.294 e. The Morgan fingerprint density at radius 3 is 2.90 bits per heavy atom. The predicted molar refractivity (Wildman–Crippen MR) is 84.3 cm³/mol. The molecular weight excluding hydrogens is 308 g/mol. The summed E-state index contributed by atoms with van der Waals surface area (Å²) in [6.45, 7) is 2.00. The second kappa shape index (κ2) is 5.79. The van der Waals surface area contributed by atoms with Gasteiger partial charge < -0.3 is 4.84 Å². The van der Waals surface area contributed by atoms with Crippen molar-refractivity contribution in [1.29, 1.82) is 0 Å². The van der Waals surface area contributed by atoms with Gasteiger partial charge in [0.05, 0.1) is 10.6 Å². The highest BCUT2D eigenvalue weighted by molar-refractivity contribution is 7.25. The largest absolute Gasteiger partial charge is 0.314 e. The highest BCUT2D eigenvalue weighted by Crippen LogP contribution is 2.36. The lowest BCUT2D eigenvalue weighted by Gasteiger charge is -1.96. The Morgan fingerprint density at radius 2 is 2.14 bits per heavy atom. The lowest BCUT2D eigenvalue weighted by Crippen LogP contribution is -2.04. The zero-order valence-electron chi connectivity index (χ0n) is 11.2. The van der Waals surface area contributed by atoms with Crippen molar-refractivity contribution >= 4 is 32.8 Å². The van der Waals surface area contributed by atoms with E-state index >= 15 is 0 Å². The van der Waals surface area contributed by atoms with Gasteiger partial charge in [-0.3, -0.25) is 0 Å². The molecule has 21 heavy (non-hydrogen) atoms. The first kappa shape index (κ1) is 14.0. The maximum absolute atomic E-state index is 10.2. The fourth-order valence-corrected chi connectivity index (χ4v) is 4.22. The summed E-state index contributed by atoms with van der Waals surface area (Å²) in [4.78, 5) is 21.3. The van der Waals surface area contributed by atoms with Gasteiger partial charge in [0.1, 0.15) is 11.6 Å². The molecule has 0 saturated carbocycles. The molecule has 0 amide bonds. The number of hydrogen-bond acceptors (Lipinski definition) is 6. The van der Waals surface area contributed by atoms with Crippen LogP contribution in [-0.4, -0.2) is 16.7 Å². The molecule has 0 fully saturated rings. The average Bonchev–Trinajstić information content (AvgIpc) is 3.02. The second-order valence-electron chi connectivity index (χ2n) is 4.48. The van der Waals surface area contributed by atoms with E-state index < -0.39 is 5.09 Å². The molecule has 108 valence electrons. The van der Waals surface area contributed by atoms with Crippen molar-refractivity contribution in [2.24, 2.45) is 0 Å². The number of rotatable bonds is 5. The van der Waals surface area contributed by atoms with E-state index in [0.717, 1.165) is 20.5 Å². The molecule has 0 unspecified atom stereocenters. The van der Waals surface area contributed by atoms with Crippen molar-refractivity contribution in [1.82, 2.24) is 4.98 Å². The van der Waals surface area contributed by atoms with Gasteiger partial charge in [-0.2, -0.15) is 0 Å². The molecular formula is C14H12N2O3S2. The van der Waals surface area contributed by atoms with Crippen LogP contribution in [0.15, 0.2) is 30.3 Å². The van der Waals surface area contributed by atoms with Crippen LogP contribution in [0.1, 0.15) is 10.6 Å². The third kappa shape index (κ3) is 3.03. The molecule has 0 aliphatic rings. The van der Waals surface area contributed by atoms with Crippen LogP contribution < -0.4 is 0 Å². The van der Waals surface area contributed by atoms with Gasteiger partial charge in [-0.05, 0) is 24.4 Å². The number of hydrogen-bond donors (Lipinski definition) is 0. The Labute approximate surface area is 128 Å². The van der Waals surface area contributed by atoms with Crippen molar-refractivity contribution in [3.05, 3.63) is 51.0 Å². The third-order valence-corrected chi connectivity index (χ3v) is 5.56. The molecule has 0 saturated heterocycles. The van der Waals surface area contributed by atoms with E-state index in [1.807, 2.05) is 19.1 Å².